The Morgan fingerprint density at radius 1 is 1.20 bits per heavy atom. The number of carbonyl (C=O) groups is 1. The Morgan fingerprint density at radius 3 is 2.30 bits per heavy atom. The molecule has 3 N–H and O–H groups in total. The number of nitrogens with two attached hydrogens (primary N) is 1. The van der Waals surface area contributed by atoms with Gasteiger partial charge in [-0.05, 0) is 36.5 Å². The fourth-order valence-electron chi connectivity index (χ4n) is 2.97. The lowest BCUT2D eigenvalue weighted by Gasteiger charge is -2.34. The number of hydrogen-bond acceptors (Lipinski definition) is 2. The molecule has 0 aliphatic heterocycles. The first kappa shape index (κ1) is 15.0. The molecule has 1 aliphatic rings. The van der Waals surface area contributed by atoms with Gasteiger partial charge in [0.25, 0.3) is 0 Å². The van der Waals surface area contributed by atoms with Crippen LogP contribution in [-0.2, 0) is 4.79 Å². The van der Waals surface area contributed by atoms with Gasteiger partial charge in [-0.3, -0.25) is 4.79 Å². The third-order valence-electron chi connectivity index (χ3n) is 4.52. The van der Waals surface area contributed by atoms with Gasteiger partial charge in [-0.2, -0.15) is 0 Å². The standard InChI is InChI=1S/C17H26N2O/c1-13(2)14-6-8-15(9-7-14)19-16(20)17(12-18)10-4-3-5-11-17/h6-9,13H,3-5,10-12,18H2,1-2H3,(H,19,20). The van der Waals surface area contributed by atoms with E-state index in [1.54, 1.807) is 0 Å². The smallest absolute Gasteiger partial charge is 0.231 e. The minimum Gasteiger partial charge on any atom is -0.329 e. The molecular formula is C17H26N2O. The van der Waals surface area contributed by atoms with Crippen LogP contribution in [0.4, 0.5) is 5.69 Å². The highest BCUT2D eigenvalue weighted by molar-refractivity contribution is 5.95. The molecule has 1 fully saturated rings. The Bertz CT molecular complexity index is 445. The molecule has 1 amide bonds. The van der Waals surface area contributed by atoms with E-state index < -0.39 is 0 Å². The first-order chi connectivity index (χ1) is 9.57. The van der Waals surface area contributed by atoms with E-state index in [2.05, 4.69) is 31.3 Å². The summed E-state index contributed by atoms with van der Waals surface area (Å²) in [5, 5.41) is 3.05. The molecule has 2 rings (SSSR count). The molecule has 1 aromatic rings. The van der Waals surface area contributed by atoms with Gasteiger partial charge in [0, 0.05) is 12.2 Å². The summed E-state index contributed by atoms with van der Waals surface area (Å²) in [6, 6.07) is 8.13. The molecule has 3 heteroatoms. The summed E-state index contributed by atoms with van der Waals surface area (Å²) < 4.78 is 0. The molecule has 0 radical (unpaired) electrons. The highest BCUT2D eigenvalue weighted by Gasteiger charge is 2.38. The van der Waals surface area contributed by atoms with Crippen molar-refractivity contribution in [3.8, 4) is 0 Å². The summed E-state index contributed by atoms with van der Waals surface area (Å²) in [6.45, 7) is 4.78. The van der Waals surface area contributed by atoms with Crippen LogP contribution in [0, 0.1) is 5.41 Å². The van der Waals surface area contributed by atoms with Crippen molar-refractivity contribution >= 4 is 11.6 Å². The van der Waals surface area contributed by atoms with Crippen molar-refractivity contribution in [1.82, 2.24) is 0 Å². The van der Waals surface area contributed by atoms with E-state index in [1.165, 1.54) is 12.0 Å². The zero-order valence-corrected chi connectivity index (χ0v) is 12.6. The van der Waals surface area contributed by atoms with Crippen molar-refractivity contribution in [2.45, 2.75) is 51.9 Å². The van der Waals surface area contributed by atoms with Crippen molar-refractivity contribution < 1.29 is 4.79 Å². The second-order valence-corrected chi connectivity index (χ2v) is 6.28. The molecule has 0 aromatic heterocycles. The van der Waals surface area contributed by atoms with Crippen LogP contribution in [0.1, 0.15) is 57.4 Å². The van der Waals surface area contributed by atoms with Crippen LogP contribution in [-0.4, -0.2) is 12.5 Å². The second-order valence-electron chi connectivity index (χ2n) is 6.28. The molecule has 1 aromatic carbocycles. The predicted molar refractivity (Wildman–Crippen MR) is 83.7 cm³/mol. The number of hydrogen-bond donors (Lipinski definition) is 2. The minimum absolute atomic E-state index is 0.0944. The Balaban J connectivity index is 2.06. The maximum Gasteiger partial charge on any atom is 0.231 e. The van der Waals surface area contributed by atoms with Crippen molar-refractivity contribution in [3.05, 3.63) is 29.8 Å². The number of amides is 1. The molecule has 1 aliphatic carbocycles. The molecule has 0 heterocycles. The Morgan fingerprint density at radius 2 is 1.80 bits per heavy atom. The molecule has 1 saturated carbocycles. The molecule has 20 heavy (non-hydrogen) atoms. The van der Waals surface area contributed by atoms with Crippen molar-refractivity contribution in [1.29, 1.82) is 0 Å². The van der Waals surface area contributed by atoms with Crippen molar-refractivity contribution in [2.24, 2.45) is 11.1 Å². The maximum absolute atomic E-state index is 12.5. The topological polar surface area (TPSA) is 55.1 Å². The SMILES string of the molecule is CC(C)c1ccc(NC(=O)C2(CN)CCCCC2)cc1. The van der Waals surface area contributed by atoms with Gasteiger partial charge < -0.3 is 11.1 Å². The van der Waals surface area contributed by atoms with Crippen LogP contribution >= 0.6 is 0 Å². The van der Waals surface area contributed by atoms with E-state index in [1.807, 2.05) is 12.1 Å². The van der Waals surface area contributed by atoms with Crippen LogP contribution in [0.3, 0.4) is 0 Å². The molecule has 3 nitrogen and oxygen atoms in total. The largest absolute Gasteiger partial charge is 0.329 e. The Labute approximate surface area is 121 Å². The van der Waals surface area contributed by atoms with E-state index in [-0.39, 0.29) is 11.3 Å². The average molecular weight is 274 g/mol. The first-order valence-electron chi connectivity index (χ1n) is 7.69. The molecule has 0 unspecified atom stereocenters. The van der Waals surface area contributed by atoms with E-state index in [0.29, 0.717) is 12.5 Å². The number of carbonyl (C=O) groups excluding carboxylic acids is 1. The van der Waals surface area contributed by atoms with Crippen LogP contribution < -0.4 is 11.1 Å². The van der Waals surface area contributed by atoms with Crippen LogP contribution in [0.25, 0.3) is 0 Å². The zero-order valence-electron chi connectivity index (χ0n) is 12.6. The minimum atomic E-state index is -0.352. The summed E-state index contributed by atoms with van der Waals surface area (Å²) in [5.74, 6) is 0.602. The van der Waals surface area contributed by atoms with Gasteiger partial charge in [-0.15, -0.1) is 0 Å². The third-order valence-corrected chi connectivity index (χ3v) is 4.52. The van der Waals surface area contributed by atoms with Gasteiger partial charge in [-0.25, -0.2) is 0 Å². The average Bonchev–Trinajstić information content (AvgIpc) is 2.48. The quantitative estimate of drug-likeness (QED) is 0.880. The summed E-state index contributed by atoms with van der Waals surface area (Å²) in [6.07, 6.45) is 5.27. The fraction of sp³-hybridized carbons (Fsp3) is 0.588. The number of benzene rings is 1. The lowest BCUT2D eigenvalue weighted by Crippen LogP contribution is -2.43. The van der Waals surface area contributed by atoms with E-state index in [9.17, 15) is 4.79 Å². The summed E-state index contributed by atoms with van der Waals surface area (Å²) >= 11 is 0. The molecule has 110 valence electrons. The summed E-state index contributed by atoms with van der Waals surface area (Å²) in [5.41, 5.74) is 7.70. The van der Waals surface area contributed by atoms with Crippen LogP contribution in [0.2, 0.25) is 0 Å². The van der Waals surface area contributed by atoms with Gasteiger partial charge in [0.15, 0.2) is 0 Å². The van der Waals surface area contributed by atoms with E-state index in [4.69, 9.17) is 5.73 Å². The number of anilines is 1. The molecule has 0 bridgehead atoms. The van der Waals surface area contributed by atoms with Crippen molar-refractivity contribution in [2.75, 3.05) is 11.9 Å². The summed E-state index contributed by atoms with van der Waals surface area (Å²) in [7, 11) is 0. The number of rotatable bonds is 4. The van der Waals surface area contributed by atoms with Gasteiger partial charge in [-0.1, -0.05) is 45.2 Å². The Hall–Kier alpha value is -1.35. The molecular weight excluding hydrogens is 248 g/mol. The normalized spacial score (nSPS) is 18.0. The first-order valence-corrected chi connectivity index (χ1v) is 7.69. The monoisotopic (exact) mass is 274 g/mol. The third kappa shape index (κ3) is 3.21. The van der Waals surface area contributed by atoms with Crippen LogP contribution in [0.15, 0.2) is 24.3 Å². The van der Waals surface area contributed by atoms with E-state index >= 15 is 0 Å². The number of nitrogens with one attached hydrogen (secondary N) is 1. The summed E-state index contributed by atoms with van der Waals surface area (Å²) in [4.78, 5) is 12.5. The maximum atomic E-state index is 12.5. The van der Waals surface area contributed by atoms with Gasteiger partial charge in [0.1, 0.15) is 0 Å². The predicted octanol–water partition coefficient (Wildman–Crippen LogP) is 3.66. The lowest BCUT2D eigenvalue weighted by molar-refractivity contribution is -0.126. The fourth-order valence-corrected chi connectivity index (χ4v) is 2.97. The van der Waals surface area contributed by atoms with Gasteiger partial charge in [0.2, 0.25) is 5.91 Å². The Kier molecular flexibility index (Phi) is 4.81. The highest BCUT2D eigenvalue weighted by atomic mass is 16.2. The van der Waals surface area contributed by atoms with Crippen molar-refractivity contribution in [3.63, 3.8) is 0 Å². The second kappa shape index (κ2) is 6.40. The molecule has 0 saturated heterocycles. The molecule has 0 spiro atoms. The highest BCUT2D eigenvalue weighted by Crippen LogP contribution is 2.36. The molecule has 0 atom stereocenters. The zero-order chi connectivity index (χ0) is 14.6. The lowest BCUT2D eigenvalue weighted by atomic mass is 9.73. The van der Waals surface area contributed by atoms with Gasteiger partial charge in [0.05, 0.1) is 5.41 Å². The van der Waals surface area contributed by atoms with Gasteiger partial charge >= 0.3 is 0 Å². The van der Waals surface area contributed by atoms with Crippen LogP contribution in [0.5, 0.6) is 0 Å². The van der Waals surface area contributed by atoms with E-state index in [0.717, 1.165) is 31.4 Å².